The molecule has 0 aliphatic carbocycles. The summed E-state index contributed by atoms with van der Waals surface area (Å²) in [6, 6.07) is 13.8. The Morgan fingerprint density at radius 2 is 1.70 bits per heavy atom. The van der Waals surface area contributed by atoms with Crippen LogP contribution >= 0.6 is 50.7 Å². The fraction of sp³-hybridized carbons (Fsp3) is 0.250. The molecule has 0 aromatic heterocycles. The van der Waals surface area contributed by atoms with E-state index in [0.717, 1.165) is 28.8 Å². The Hall–Kier alpha value is -0.210. The van der Waals surface area contributed by atoms with Gasteiger partial charge in [0.15, 0.2) is 0 Å². The van der Waals surface area contributed by atoms with Crippen molar-refractivity contribution in [3.63, 3.8) is 0 Å². The van der Waals surface area contributed by atoms with Gasteiger partial charge < -0.3 is 0 Å². The van der Waals surface area contributed by atoms with Crippen molar-refractivity contribution >= 4 is 50.7 Å². The molecule has 0 nitrogen and oxygen atoms in total. The molecule has 2 aromatic rings. The lowest BCUT2D eigenvalue weighted by atomic mass is 9.94. The molecular weight excluding hydrogens is 378 g/mol. The van der Waals surface area contributed by atoms with E-state index in [1.165, 1.54) is 5.56 Å². The monoisotopic (exact) mass is 390 g/mol. The van der Waals surface area contributed by atoms with Crippen LogP contribution in [0.25, 0.3) is 0 Å². The normalized spacial score (nSPS) is 12.4. The third-order valence-electron chi connectivity index (χ3n) is 3.17. The van der Waals surface area contributed by atoms with Gasteiger partial charge in [-0.1, -0.05) is 75.0 Å². The molecular formula is C16H14BrCl3. The maximum Gasteiger partial charge on any atom is 0.0624 e. The summed E-state index contributed by atoms with van der Waals surface area (Å²) >= 11 is 21.9. The Bertz CT molecular complexity index is 584. The minimum absolute atomic E-state index is 0.449. The van der Waals surface area contributed by atoms with Gasteiger partial charge in [-0.15, -0.1) is 0 Å². The second-order valence-corrected chi connectivity index (χ2v) is 6.64. The zero-order chi connectivity index (χ0) is 14.5. The van der Waals surface area contributed by atoms with Crippen LogP contribution in [-0.2, 0) is 12.8 Å². The molecule has 106 valence electrons. The molecule has 0 fully saturated rings. The minimum atomic E-state index is 0.449. The van der Waals surface area contributed by atoms with Crippen LogP contribution in [0.1, 0.15) is 11.1 Å². The number of alkyl halides is 1. The first-order chi connectivity index (χ1) is 9.60. The molecule has 0 aliphatic heterocycles. The lowest BCUT2D eigenvalue weighted by Gasteiger charge is -2.16. The average molecular weight is 393 g/mol. The quantitative estimate of drug-likeness (QED) is 0.513. The van der Waals surface area contributed by atoms with Crippen LogP contribution in [-0.4, -0.2) is 5.33 Å². The largest absolute Gasteiger partial charge is 0.0925 e. The zero-order valence-electron chi connectivity index (χ0n) is 10.8. The predicted molar refractivity (Wildman–Crippen MR) is 92.6 cm³/mol. The van der Waals surface area contributed by atoms with Crippen LogP contribution in [0.5, 0.6) is 0 Å². The molecule has 0 aliphatic rings. The Kier molecular flexibility index (Phi) is 6.22. The third kappa shape index (κ3) is 4.39. The topological polar surface area (TPSA) is 0 Å². The maximum absolute atomic E-state index is 6.25. The molecule has 0 radical (unpaired) electrons. The molecule has 0 bridgehead atoms. The van der Waals surface area contributed by atoms with Crippen LogP contribution in [0.2, 0.25) is 15.1 Å². The van der Waals surface area contributed by atoms with Crippen LogP contribution in [0, 0.1) is 5.92 Å². The van der Waals surface area contributed by atoms with E-state index in [0.29, 0.717) is 16.0 Å². The van der Waals surface area contributed by atoms with Crippen LogP contribution in [0.4, 0.5) is 0 Å². The van der Waals surface area contributed by atoms with E-state index in [4.69, 9.17) is 34.8 Å². The molecule has 0 N–H and O–H groups in total. The summed E-state index contributed by atoms with van der Waals surface area (Å²) in [5.74, 6) is 0.449. The number of hydrogen-bond acceptors (Lipinski definition) is 0. The van der Waals surface area contributed by atoms with E-state index in [1.54, 1.807) is 0 Å². The smallest absolute Gasteiger partial charge is 0.0624 e. The van der Waals surface area contributed by atoms with Gasteiger partial charge in [0.25, 0.3) is 0 Å². The second kappa shape index (κ2) is 7.70. The van der Waals surface area contributed by atoms with Crippen molar-refractivity contribution in [2.24, 2.45) is 5.92 Å². The number of benzene rings is 2. The first kappa shape index (κ1) is 16.2. The Labute approximate surface area is 143 Å². The molecule has 0 amide bonds. The van der Waals surface area contributed by atoms with Crippen molar-refractivity contribution in [2.75, 3.05) is 5.33 Å². The highest BCUT2D eigenvalue weighted by atomic mass is 79.9. The fourth-order valence-electron chi connectivity index (χ4n) is 2.20. The van der Waals surface area contributed by atoms with Crippen molar-refractivity contribution < 1.29 is 0 Å². The molecule has 4 heteroatoms. The molecule has 1 unspecified atom stereocenters. The minimum Gasteiger partial charge on any atom is -0.0925 e. The molecule has 20 heavy (non-hydrogen) atoms. The summed E-state index contributed by atoms with van der Waals surface area (Å²) in [5, 5.41) is 2.95. The SMILES string of the molecule is Clc1cccc(CC(CBr)Cc2cccc(Cl)c2Cl)c1. The lowest BCUT2D eigenvalue weighted by Crippen LogP contribution is -2.10. The first-order valence-corrected chi connectivity index (χ1v) is 8.59. The molecule has 1 atom stereocenters. The molecule has 2 aromatic carbocycles. The summed E-state index contributed by atoms with van der Waals surface area (Å²) in [6.45, 7) is 0. The Morgan fingerprint density at radius 1 is 0.950 bits per heavy atom. The number of halogens is 4. The molecule has 0 saturated carbocycles. The molecule has 0 saturated heterocycles. The summed E-state index contributed by atoms with van der Waals surface area (Å²) in [7, 11) is 0. The van der Waals surface area contributed by atoms with Crippen LogP contribution < -0.4 is 0 Å². The molecule has 0 heterocycles. The van der Waals surface area contributed by atoms with Crippen molar-refractivity contribution in [2.45, 2.75) is 12.8 Å². The van der Waals surface area contributed by atoms with Gasteiger partial charge in [-0.05, 0) is 48.1 Å². The zero-order valence-corrected chi connectivity index (χ0v) is 14.6. The lowest BCUT2D eigenvalue weighted by molar-refractivity contribution is 0.591. The predicted octanol–water partition coefficient (Wildman–Crippen LogP) is 6.44. The van der Waals surface area contributed by atoms with E-state index < -0.39 is 0 Å². The van der Waals surface area contributed by atoms with Crippen molar-refractivity contribution in [1.29, 1.82) is 0 Å². The van der Waals surface area contributed by atoms with Gasteiger partial charge in [0, 0.05) is 10.4 Å². The second-order valence-electron chi connectivity index (χ2n) is 4.77. The first-order valence-electron chi connectivity index (χ1n) is 6.33. The highest BCUT2D eigenvalue weighted by molar-refractivity contribution is 9.09. The van der Waals surface area contributed by atoms with Gasteiger partial charge in [0.05, 0.1) is 10.0 Å². The molecule has 0 spiro atoms. The Morgan fingerprint density at radius 3 is 2.40 bits per heavy atom. The van der Waals surface area contributed by atoms with E-state index in [9.17, 15) is 0 Å². The van der Waals surface area contributed by atoms with Gasteiger partial charge in [-0.2, -0.15) is 0 Å². The highest BCUT2D eigenvalue weighted by Gasteiger charge is 2.13. The van der Waals surface area contributed by atoms with Crippen molar-refractivity contribution in [1.82, 2.24) is 0 Å². The standard InChI is InChI=1S/C16H14BrCl3/c17-10-12(7-11-3-1-5-14(18)9-11)8-13-4-2-6-15(19)16(13)20/h1-6,9,12H,7-8,10H2. The van der Waals surface area contributed by atoms with E-state index in [-0.39, 0.29) is 0 Å². The third-order valence-corrected chi connectivity index (χ3v) is 5.18. The van der Waals surface area contributed by atoms with Crippen molar-refractivity contribution in [3.8, 4) is 0 Å². The van der Waals surface area contributed by atoms with E-state index in [2.05, 4.69) is 22.0 Å². The Balaban J connectivity index is 2.11. The van der Waals surface area contributed by atoms with E-state index in [1.807, 2.05) is 36.4 Å². The van der Waals surface area contributed by atoms with Crippen LogP contribution in [0.15, 0.2) is 42.5 Å². The van der Waals surface area contributed by atoms with Gasteiger partial charge >= 0.3 is 0 Å². The average Bonchev–Trinajstić information content (AvgIpc) is 2.43. The van der Waals surface area contributed by atoms with Crippen molar-refractivity contribution in [3.05, 3.63) is 68.7 Å². The summed E-state index contributed by atoms with van der Waals surface area (Å²) in [4.78, 5) is 0. The van der Waals surface area contributed by atoms with Crippen LogP contribution in [0.3, 0.4) is 0 Å². The number of hydrogen-bond donors (Lipinski definition) is 0. The summed E-state index contributed by atoms with van der Waals surface area (Å²) in [6.07, 6.45) is 1.84. The van der Waals surface area contributed by atoms with Gasteiger partial charge in [0.2, 0.25) is 0 Å². The van der Waals surface area contributed by atoms with Gasteiger partial charge in [-0.25, -0.2) is 0 Å². The van der Waals surface area contributed by atoms with Gasteiger partial charge in [-0.3, -0.25) is 0 Å². The molecule has 2 rings (SSSR count). The fourth-order valence-corrected chi connectivity index (χ4v) is 3.26. The van der Waals surface area contributed by atoms with E-state index >= 15 is 0 Å². The summed E-state index contributed by atoms with van der Waals surface area (Å²) < 4.78 is 0. The summed E-state index contributed by atoms with van der Waals surface area (Å²) in [5.41, 5.74) is 2.32. The number of rotatable bonds is 5. The highest BCUT2D eigenvalue weighted by Crippen LogP contribution is 2.29. The van der Waals surface area contributed by atoms with Gasteiger partial charge in [0.1, 0.15) is 0 Å². The maximum atomic E-state index is 6.25.